The molecule has 1 aromatic rings. The first-order chi connectivity index (χ1) is 7.58. The van der Waals surface area contributed by atoms with Crippen LogP contribution in [-0.4, -0.2) is 23.3 Å². The number of likely N-dealkylation sites (tertiary alicyclic amines) is 1. The summed E-state index contributed by atoms with van der Waals surface area (Å²) in [5.41, 5.74) is 0.354. The first kappa shape index (κ1) is 11.4. The minimum atomic E-state index is -0.327. The van der Waals surface area contributed by atoms with Crippen LogP contribution in [0.2, 0.25) is 10.0 Å². The quantitative estimate of drug-likeness (QED) is 0.726. The molecule has 0 bridgehead atoms. The number of hydrogen-bond donors (Lipinski definition) is 0. The Bertz CT molecular complexity index is 439. The largest absolute Gasteiger partial charge is 0.279 e. The molecule has 0 atom stereocenters. The highest BCUT2D eigenvalue weighted by atomic mass is 35.5. The van der Waals surface area contributed by atoms with E-state index in [-0.39, 0.29) is 11.8 Å². The molecule has 1 aromatic carbocycles. The fraction of sp³-hybridized carbons (Fsp3) is 0.273. The third-order valence-corrected chi connectivity index (χ3v) is 2.86. The fourth-order valence-corrected chi connectivity index (χ4v) is 2.22. The molecule has 1 heterocycles. The van der Waals surface area contributed by atoms with Crippen LogP contribution in [0.5, 0.6) is 0 Å². The number of nitrogens with zero attached hydrogens (tertiary/aromatic N) is 1. The average Bonchev–Trinajstić information content (AvgIpc) is 2.62. The number of halogens is 2. The van der Waals surface area contributed by atoms with Gasteiger partial charge in [0.05, 0.1) is 0 Å². The van der Waals surface area contributed by atoms with E-state index in [4.69, 9.17) is 23.2 Å². The van der Waals surface area contributed by atoms with E-state index in [2.05, 4.69) is 0 Å². The van der Waals surface area contributed by atoms with Gasteiger partial charge in [0.1, 0.15) is 0 Å². The van der Waals surface area contributed by atoms with E-state index >= 15 is 0 Å². The smallest absolute Gasteiger partial charge is 0.260 e. The Labute approximate surface area is 103 Å². The van der Waals surface area contributed by atoms with Crippen molar-refractivity contribution >= 4 is 35.0 Å². The van der Waals surface area contributed by atoms with E-state index in [9.17, 15) is 9.59 Å². The average molecular weight is 258 g/mol. The first-order valence-corrected chi connectivity index (χ1v) is 5.64. The molecule has 16 heavy (non-hydrogen) atoms. The number of amides is 2. The second-order valence-corrected chi connectivity index (χ2v) is 4.49. The van der Waals surface area contributed by atoms with Gasteiger partial charge in [-0.1, -0.05) is 23.2 Å². The molecule has 2 amide bonds. The molecule has 1 saturated heterocycles. The number of hydrogen-bond acceptors (Lipinski definition) is 2. The maximum atomic E-state index is 11.9. The topological polar surface area (TPSA) is 37.4 Å². The molecule has 1 aliphatic heterocycles. The summed E-state index contributed by atoms with van der Waals surface area (Å²) < 4.78 is 0. The van der Waals surface area contributed by atoms with Gasteiger partial charge in [0.2, 0.25) is 5.91 Å². The van der Waals surface area contributed by atoms with Gasteiger partial charge in [-0.15, -0.1) is 0 Å². The van der Waals surface area contributed by atoms with E-state index in [1.165, 1.54) is 17.0 Å². The second-order valence-electron chi connectivity index (χ2n) is 3.61. The molecular weight excluding hydrogens is 249 g/mol. The summed E-state index contributed by atoms with van der Waals surface area (Å²) in [6.07, 6.45) is 1.15. The lowest BCUT2D eigenvalue weighted by atomic mass is 10.2. The standard InChI is InChI=1S/C11H9Cl2NO2/c12-8-4-7(5-9(13)6-8)11(16)14-3-1-2-10(14)15/h4-6H,1-3H2. The number of benzene rings is 1. The molecule has 0 unspecified atom stereocenters. The maximum Gasteiger partial charge on any atom is 0.260 e. The van der Waals surface area contributed by atoms with E-state index in [1.54, 1.807) is 6.07 Å². The maximum absolute atomic E-state index is 11.9. The van der Waals surface area contributed by atoms with Crippen molar-refractivity contribution in [1.29, 1.82) is 0 Å². The normalized spacial score (nSPS) is 15.6. The van der Waals surface area contributed by atoms with Crippen molar-refractivity contribution in [3.63, 3.8) is 0 Å². The molecule has 0 spiro atoms. The zero-order valence-corrected chi connectivity index (χ0v) is 9.88. The van der Waals surface area contributed by atoms with Crippen LogP contribution >= 0.6 is 23.2 Å². The molecule has 5 heteroatoms. The van der Waals surface area contributed by atoms with Crippen molar-refractivity contribution in [2.24, 2.45) is 0 Å². The first-order valence-electron chi connectivity index (χ1n) is 4.89. The predicted molar refractivity (Wildman–Crippen MR) is 61.7 cm³/mol. The Morgan fingerprint density at radius 3 is 2.31 bits per heavy atom. The minimum absolute atomic E-state index is 0.138. The summed E-state index contributed by atoms with van der Waals surface area (Å²) in [6.45, 7) is 0.474. The zero-order chi connectivity index (χ0) is 11.7. The Hall–Kier alpha value is -1.06. The molecule has 84 valence electrons. The molecule has 0 aliphatic carbocycles. The molecule has 1 aliphatic rings. The lowest BCUT2D eigenvalue weighted by Gasteiger charge is -2.13. The van der Waals surface area contributed by atoms with E-state index in [0.717, 1.165) is 6.42 Å². The van der Waals surface area contributed by atoms with Gasteiger partial charge in [-0.25, -0.2) is 0 Å². The number of carbonyl (C=O) groups is 2. The van der Waals surface area contributed by atoms with Crippen LogP contribution < -0.4 is 0 Å². The van der Waals surface area contributed by atoms with E-state index < -0.39 is 0 Å². The SMILES string of the molecule is O=C1CCCN1C(=O)c1cc(Cl)cc(Cl)c1. The van der Waals surface area contributed by atoms with Gasteiger partial charge < -0.3 is 0 Å². The molecule has 3 nitrogen and oxygen atoms in total. The van der Waals surface area contributed by atoms with Crippen molar-refractivity contribution in [3.8, 4) is 0 Å². The lowest BCUT2D eigenvalue weighted by molar-refractivity contribution is -0.125. The van der Waals surface area contributed by atoms with Crippen LogP contribution in [0.25, 0.3) is 0 Å². The van der Waals surface area contributed by atoms with Crippen LogP contribution in [-0.2, 0) is 4.79 Å². The van der Waals surface area contributed by atoms with E-state index in [1.807, 2.05) is 0 Å². The summed E-state index contributed by atoms with van der Waals surface area (Å²) in [5, 5.41) is 0.782. The highest BCUT2D eigenvalue weighted by Gasteiger charge is 2.27. The molecule has 0 radical (unpaired) electrons. The van der Waals surface area contributed by atoms with Gasteiger partial charge in [-0.2, -0.15) is 0 Å². The molecule has 0 aromatic heterocycles. The van der Waals surface area contributed by atoms with Crippen LogP contribution in [0.15, 0.2) is 18.2 Å². The van der Waals surface area contributed by atoms with E-state index in [0.29, 0.717) is 28.6 Å². The predicted octanol–water partition coefficient (Wildman–Crippen LogP) is 2.76. The third-order valence-electron chi connectivity index (χ3n) is 2.43. The van der Waals surface area contributed by atoms with Crippen LogP contribution in [0.1, 0.15) is 23.2 Å². The van der Waals surface area contributed by atoms with Gasteiger partial charge >= 0.3 is 0 Å². The van der Waals surface area contributed by atoms with Gasteiger partial charge in [0, 0.05) is 28.6 Å². The third kappa shape index (κ3) is 2.20. The van der Waals surface area contributed by atoms with Gasteiger partial charge in [0.15, 0.2) is 0 Å². The highest BCUT2D eigenvalue weighted by molar-refractivity contribution is 6.35. The molecular formula is C11H9Cl2NO2. The molecule has 0 N–H and O–H groups in total. The Morgan fingerprint density at radius 2 is 1.81 bits per heavy atom. The van der Waals surface area contributed by atoms with Gasteiger partial charge in [-0.05, 0) is 24.6 Å². The summed E-state index contributed by atoms with van der Waals surface area (Å²) in [6, 6.07) is 4.58. The second kappa shape index (κ2) is 4.44. The van der Waals surface area contributed by atoms with Crippen molar-refractivity contribution < 1.29 is 9.59 Å². The monoisotopic (exact) mass is 257 g/mol. The highest BCUT2D eigenvalue weighted by Crippen LogP contribution is 2.21. The molecule has 1 fully saturated rings. The number of imide groups is 1. The van der Waals surface area contributed by atoms with Crippen LogP contribution in [0.4, 0.5) is 0 Å². The van der Waals surface area contributed by atoms with Gasteiger partial charge in [-0.3, -0.25) is 14.5 Å². The molecule has 2 rings (SSSR count). The number of rotatable bonds is 1. The summed E-state index contributed by atoms with van der Waals surface area (Å²) in [4.78, 5) is 24.6. The van der Waals surface area contributed by atoms with Crippen LogP contribution in [0.3, 0.4) is 0 Å². The summed E-state index contributed by atoms with van der Waals surface area (Å²) in [5.74, 6) is -0.465. The van der Waals surface area contributed by atoms with Crippen LogP contribution in [0, 0.1) is 0 Å². The lowest BCUT2D eigenvalue weighted by Crippen LogP contribution is -2.31. The Morgan fingerprint density at radius 1 is 1.19 bits per heavy atom. The van der Waals surface area contributed by atoms with Crippen molar-refractivity contribution in [1.82, 2.24) is 4.90 Å². The Kier molecular flexibility index (Phi) is 3.17. The van der Waals surface area contributed by atoms with Gasteiger partial charge in [0.25, 0.3) is 5.91 Å². The minimum Gasteiger partial charge on any atom is -0.279 e. The Balaban J connectivity index is 2.30. The fourth-order valence-electron chi connectivity index (χ4n) is 1.70. The van der Waals surface area contributed by atoms with Crippen molar-refractivity contribution in [2.45, 2.75) is 12.8 Å². The summed E-state index contributed by atoms with van der Waals surface area (Å²) in [7, 11) is 0. The number of carbonyl (C=O) groups excluding carboxylic acids is 2. The summed E-state index contributed by atoms with van der Waals surface area (Å²) >= 11 is 11.6. The van der Waals surface area contributed by atoms with Crippen molar-refractivity contribution in [2.75, 3.05) is 6.54 Å². The zero-order valence-electron chi connectivity index (χ0n) is 8.37. The molecule has 0 saturated carbocycles. The van der Waals surface area contributed by atoms with Crippen molar-refractivity contribution in [3.05, 3.63) is 33.8 Å².